The van der Waals surface area contributed by atoms with Gasteiger partial charge in [-0.2, -0.15) is 0 Å². The molecule has 0 spiro atoms. The molecule has 22 heavy (non-hydrogen) atoms. The lowest BCUT2D eigenvalue weighted by Crippen LogP contribution is -2.52. The van der Waals surface area contributed by atoms with Gasteiger partial charge in [0.15, 0.2) is 6.04 Å². The number of thiazole rings is 1. The maximum Gasteiger partial charge on any atom is 0.328 e. The van der Waals surface area contributed by atoms with Crippen LogP contribution in [0, 0.1) is 0 Å². The minimum Gasteiger partial charge on any atom is -0.480 e. The molecule has 7 heteroatoms. The lowest BCUT2D eigenvalue weighted by Gasteiger charge is -2.31. The maximum absolute atomic E-state index is 12.2. The van der Waals surface area contributed by atoms with Crippen molar-refractivity contribution in [2.75, 3.05) is 19.8 Å². The first-order chi connectivity index (χ1) is 10.6. The second-order valence-electron chi connectivity index (χ2n) is 4.81. The van der Waals surface area contributed by atoms with E-state index in [1.165, 1.54) is 22.3 Å². The quantitative estimate of drug-likeness (QED) is 0.870. The molecule has 2 aromatic rings. The number of hydrogen-bond donors (Lipinski definition) is 1. The number of nitrogens with zero attached hydrogens (tertiary/aromatic N) is 2. The van der Waals surface area contributed by atoms with E-state index in [4.69, 9.17) is 9.84 Å². The lowest BCUT2D eigenvalue weighted by molar-refractivity contribution is -0.156. The molecule has 1 amide bonds. The van der Waals surface area contributed by atoms with Crippen molar-refractivity contribution in [3.63, 3.8) is 0 Å². The summed E-state index contributed by atoms with van der Waals surface area (Å²) < 4.78 is 6.16. The van der Waals surface area contributed by atoms with Gasteiger partial charge in [-0.05, 0) is 18.2 Å². The first-order valence-corrected chi connectivity index (χ1v) is 7.61. The summed E-state index contributed by atoms with van der Waals surface area (Å²) in [6.07, 6.45) is 3.00. The summed E-state index contributed by atoms with van der Waals surface area (Å²) in [6.45, 7) is 0.653. The first-order valence-electron chi connectivity index (χ1n) is 6.80. The molecular weight excluding hydrogens is 304 g/mol. The standard InChI is InChI=1S/C15H14N2O4S/c18-14(17-7-8-21-9-11(17)15(19)20)6-5-13-16-10-3-1-2-4-12(10)22-13/h1-6,11H,7-9H2,(H,19,20)/b6-5+. The highest BCUT2D eigenvalue weighted by molar-refractivity contribution is 7.19. The zero-order valence-electron chi connectivity index (χ0n) is 11.6. The van der Waals surface area contributed by atoms with Gasteiger partial charge in [-0.1, -0.05) is 12.1 Å². The minimum absolute atomic E-state index is 0.0239. The van der Waals surface area contributed by atoms with E-state index in [1.54, 1.807) is 6.08 Å². The molecule has 1 N–H and O–H groups in total. The van der Waals surface area contributed by atoms with Gasteiger partial charge in [0.25, 0.3) is 0 Å². The summed E-state index contributed by atoms with van der Waals surface area (Å²) in [4.78, 5) is 29.1. The van der Waals surface area contributed by atoms with E-state index in [2.05, 4.69) is 4.98 Å². The van der Waals surface area contributed by atoms with Crippen LogP contribution in [0.5, 0.6) is 0 Å². The van der Waals surface area contributed by atoms with Gasteiger partial charge in [-0.3, -0.25) is 4.79 Å². The first kappa shape index (κ1) is 14.7. The molecule has 1 saturated heterocycles. The fourth-order valence-electron chi connectivity index (χ4n) is 2.27. The number of carboxylic acid groups (broad SMARTS) is 1. The van der Waals surface area contributed by atoms with Crippen molar-refractivity contribution >= 4 is 39.5 Å². The van der Waals surface area contributed by atoms with Gasteiger partial charge in [-0.25, -0.2) is 9.78 Å². The fraction of sp³-hybridized carbons (Fsp3) is 0.267. The normalized spacial score (nSPS) is 18.9. The molecule has 114 valence electrons. The molecule has 1 fully saturated rings. The molecule has 1 aromatic carbocycles. The highest BCUT2D eigenvalue weighted by atomic mass is 32.1. The number of benzene rings is 1. The number of para-hydroxylation sites is 1. The Kier molecular flexibility index (Phi) is 4.17. The molecule has 1 aliphatic rings. The van der Waals surface area contributed by atoms with Crippen LogP contribution < -0.4 is 0 Å². The van der Waals surface area contributed by atoms with Crippen LogP contribution in [0.25, 0.3) is 16.3 Å². The number of fused-ring (bicyclic) bond motifs is 1. The summed E-state index contributed by atoms with van der Waals surface area (Å²) in [5.74, 6) is -1.39. The summed E-state index contributed by atoms with van der Waals surface area (Å²) in [5.41, 5.74) is 0.884. The largest absolute Gasteiger partial charge is 0.480 e. The number of carbonyl (C=O) groups is 2. The van der Waals surface area contributed by atoms with Crippen LogP contribution in [0.4, 0.5) is 0 Å². The topological polar surface area (TPSA) is 79.7 Å². The van der Waals surface area contributed by atoms with Crippen LogP contribution in [0.3, 0.4) is 0 Å². The molecule has 0 bridgehead atoms. The average Bonchev–Trinajstić information content (AvgIpc) is 2.95. The third kappa shape index (κ3) is 3.00. The molecule has 0 aliphatic carbocycles. The Hall–Kier alpha value is -2.25. The van der Waals surface area contributed by atoms with Crippen molar-refractivity contribution in [1.29, 1.82) is 0 Å². The number of carboxylic acids is 1. The van der Waals surface area contributed by atoms with E-state index in [1.807, 2.05) is 24.3 Å². The predicted molar refractivity (Wildman–Crippen MR) is 82.6 cm³/mol. The lowest BCUT2D eigenvalue weighted by atomic mass is 10.2. The van der Waals surface area contributed by atoms with Gasteiger partial charge in [0, 0.05) is 12.6 Å². The Morgan fingerprint density at radius 3 is 3.00 bits per heavy atom. The van der Waals surface area contributed by atoms with Gasteiger partial charge in [-0.15, -0.1) is 11.3 Å². The van der Waals surface area contributed by atoms with Crippen molar-refractivity contribution < 1.29 is 19.4 Å². The van der Waals surface area contributed by atoms with Crippen molar-refractivity contribution in [3.05, 3.63) is 35.3 Å². The van der Waals surface area contributed by atoms with Crippen molar-refractivity contribution in [3.8, 4) is 0 Å². The Labute approximate surface area is 130 Å². The number of morpholine rings is 1. The van der Waals surface area contributed by atoms with Gasteiger partial charge >= 0.3 is 5.97 Å². The molecule has 1 aromatic heterocycles. The van der Waals surface area contributed by atoms with Crippen molar-refractivity contribution in [2.45, 2.75) is 6.04 Å². The fourth-order valence-corrected chi connectivity index (χ4v) is 3.14. The highest BCUT2D eigenvalue weighted by Crippen LogP contribution is 2.22. The van der Waals surface area contributed by atoms with E-state index in [0.717, 1.165) is 15.2 Å². The van der Waals surface area contributed by atoms with E-state index in [9.17, 15) is 9.59 Å². The van der Waals surface area contributed by atoms with E-state index >= 15 is 0 Å². The molecule has 1 aliphatic heterocycles. The van der Waals surface area contributed by atoms with Gasteiger partial charge in [0.05, 0.1) is 23.4 Å². The van der Waals surface area contributed by atoms with Crippen LogP contribution in [0.1, 0.15) is 5.01 Å². The molecule has 3 rings (SSSR count). The second-order valence-corrected chi connectivity index (χ2v) is 5.88. The number of carbonyl (C=O) groups excluding carboxylic acids is 1. The van der Waals surface area contributed by atoms with Crippen LogP contribution >= 0.6 is 11.3 Å². The molecule has 1 unspecified atom stereocenters. The minimum atomic E-state index is -1.05. The Morgan fingerprint density at radius 1 is 1.41 bits per heavy atom. The molecule has 1 atom stereocenters. The van der Waals surface area contributed by atoms with E-state index < -0.39 is 12.0 Å². The smallest absolute Gasteiger partial charge is 0.328 e. The Bertz CT molecular complexity index is 707. The second kappa shape index (κ2) is 6.25. The number of rotatable bonds is 3. The SMILES string of the molecule is O=C(O)C1COCCN1C(=O)/C=C/c1nc2ccccc2s1. The maximum atomic E-state index is 12.2. The number of aromatic nitrogens is 1. The summed E-state index contributed by atoms with van der Waals surface area (Å²) in [6, 6.07) is 6.79. The summed E-state index contributed by atoms with van der Waals surface area (Å²) in [5, 5.41) is 9.85. The van der Waals surface area contributed by atoms with Crippen LogP contribution in [0.15, 0.2) is 30.3 Å². The van der Waals surface area contributed by atoms with Crippen LogP contribution in [-0.4, -0.2) is 52.7 Å². The van der Waals surface area contributed by atoms with Crippen molar-refractivity contribution in [1.82, 2.24) is 9.88 Å². The molecular formula is C15H14N2O4S. The number of hydrogen-bond acceptors (Lipinski definition) is 5. The number of amides is 1. The monoisotopic (exact) mass is 318 g/mol. The van der Waals surface area contributed by atoms with Gasteiger partial charge < -0.3 is 14.7 Å². The average molecular weight is 318 g/mol. The number of ether oxygens (including phenoxy) is 1. The van der Waals surface area contributed by atoms with Gasteiger partial charge in [0.2, 0.25) is 5.91 Å². The number of aliphatic carboxylic acids is 1. The molecule has 0 radical (unpaired) electrons. The zero-order valence-corrected chi connectivity index (χ0v) is 12.5. The summed E-state index contributed by atoms with van der Waals surface area (Å²) >= 11 is 1.48. The third-order valence-corrected chi connectivity index (χ3v) is 4.38. The third-order valence-electron chi connectivity index (χ3n) is 3.38. The van der Waals surface area contributed by atoms with Crippen molar-refractivity contribution in [2.24, 2.45) is 0 Å². The predicted octanol–water partition coefficient (Wildman–Crippen LogP) is 1.62. The molecule has 2 heterocycles. The molecule has 0 saturated carbocycles. The van der Waals surface area contributed by atoms with Crippen LogP contribution in [0.2, 0.25) is 0 Å². The molecule has 6 nitrogen and oxygen atoms in total. The Morgan fingerprint density at radius 2 is 2.23 bits per heavy atom. The van der Waals surface area contributed by atoms with Crippen LogP contribution in [-0.2, 0) is 14.3 Å². The zero-order chi connectivity index (χ0) is 15.5. The Balaban J connectivity index is 1.76. The van der Waals surface area contributed by atoms with E-state index in [-0.39, 0.29) is 19.1 Å². The van der Waals surface area contributed by atoms with E-state index in [0.29, 0.717) is 6.61 Å². The van der Waals surface area contributed by atoms with Gasteiger partial charge in [0.1, 0.15) is 5.01 Å². The summed E-state index contributed by atoms with van der Waals surface area (Å²) in [7, 11) is 0. The highest BCUT2D eigenvalue weighted by Gasteiger charge is 2.31.